The van der Waals surface area contributed by atoms with Crippen molar-refractivity contribution in [2.45, 2.75) is 0 Å². The molecule has 10 heteroatoms. The number of hydrogen-bond donors (Lipinski definition) is 3. The van der Waals surface area contributed by atoms with Crippen LogP contribution in [0.4, 0.5) is 16.2 Å². The van der Waals surface area contributed by atoms with Crippen LogP contribution in [-0.4, -0.2) is 16.9 Å². The van der Waals surface area contributed by atoms with E-state index < -0.39 is 16.9 Å². The standard InChI is InChI=1S/C14H10Cl2N4O4/c15-8-4-5-12(16)11(6-8)13(21)18-19-14(22)17-9-2-1-3-10(7-9)20(23)24/h1-7H,(H,18,21)(H2,17,19,22). The molecule has 0 aliphatic heterocycles. The fourth-order valence-corrected chi connectivity index (χ4v) is 2.09. The lowest BCUT2D eigenvalue weighted by Crippen LogP contribution is -2.44. The molecule has 0 aromatic heterocycles. The summed E-state index contributed by atoms with van der Waals surface area (Å²) in [7, 11) is 0. The van der Waals surface area contributed by atoms with Crippen molar-refractivity contribution in [3.05, 3.63) is 68.2 Å². The van der Waals surface area contributed by atoms with E-state index in [0.717, 1.165) is 0 Å². The minimum atomic E-state index is -0.790. The Hall–Kier alpha value is -2.84. The molecule has 0 bridgehead atoms. The van der Waals surface area contributed by atoms with Gasteiger partial charge >= 0.3 is 6.03 Å². The maximum atomic E-state index is 11.9. The smallest absolute Gasteiger partial charge is 0.306 e. The number of hydrazine groups is 1. The Kier molecular flexibility index (Phi) is 5.56. The number of nitrogens with zero attached hydrogens (tertiary/aromatic N) is 1. The molecule has 0 spiro atoms. The number of halogens is 2. The van der Waals surface area contributed by atoms with Gasteiger partial charge in [-0.25, -0.2) is 10.2 Å². The highest BCUT2D eigenvalue weighted by Crippen LogP contribution is 2.20. The number of carbonyl (C=O) groups excluding carboxylic acids is 2. The van der Waals surface area contributed by atoms with E-state index >= 15 is 0 Å². The summed E-state index contributed by atoms with van der Waals surface area (Å²) in [6.45, 7) is 0. The highest BCUT2D eigenvalue weighted by atomic mass is 35.5. The van der Waals surface area contributed by atoms with Crippen LogP contribution in [0.2, 0.25) is 10.0 Å². The molecular weight excluding hydrogens is 359 g/mol. The van der Waals surface area contributed by atoms with Gasteiger partial charge in [0, 0.05) is 22.8 Å². The van der Waals surface area contributed by atoms with Gasteiger partial charge in [0.2, 0.25) is 0 Å². The molecule has 0 aliphatic rings. The van der Waals surface area contributed by atoms with Crippen molar-refractivity contribution in [1.29, 1.82) is 0 Å². The Balaban J connectivity index is 1.96. The van der Waals surface area contributed by atoms with Crippen LogP contribution in [0.5, 0.6) is 0 Å². The fourth-order valence-electron chi connectivity index (χ4n) is 1.71. The third kappa shape index (κ3) is 4.58. The zero-order chi connectivity index (χ0) is 17.7. The molecule has 0 unspecified atom stereocenters. The zero-order valence-electron chi connectivity index (χ0n) is 11.9. The maximum Gasteiger partial charge on any atom is 0.337 e. The van der Waals surface area contributed by atoms with Crippen molar-refractivity contribution in [3.63, 3.8) is 0 Å². The number of nitrogens with one attached hydrogen (secondary N) is 3. The summed E-state index contributed by atoms with van der Waals surface area (Å²) in [6.07, 6.45) is 0. The second kappa shape index (κ2) is 7.62. The van der Waals surface area contributed by atoms with Crippen LogP contribution in [0.1, 0.15) is 10.4 Å². The predicted molar refractivity (Wildman–Crippen MR) is 89.2 cm³/mol. The topological polar surface area (TPSA) is 113 Å². The van der Waals surface area contributed by atoms with E-state index in [1.165, 1.54) is 42.5 Å². The summed E-state index contributed by atoms with van der Waals surface area (Å²) in [5.74, 6) is -0.670. The van der Waals surface area contributed by atoms with Crippen molar-refractivity contribution in [3.8, 4) is 0 Å². The monoisotopic (exact) mass is 368 g/mol. The Morgan fingerprint density at radius 3 is 2.50 bits per heavy atom. The first kappa shape index (κ1) is 17.5. The molecule has 2 aromatic carbocycles. The van der Waals surface area contributed by atoms with Crippen LogP contribution in [0, 0.1) is 10.1 Å². The van der Waals surface area contributed by atoms with Crippen LogP contribution in [0.3, 0.4) is 0 Å². The average Bonchev–Trinajstić information content (AvgIpc) is 2.55. The van der Waals surface area contributed by atoms with Crippen molar-refractivity contribution in [2.75, 3.05) is 5.32 Å². The van der Waals surface area contributed by atoms with Gasteiger partial charge < -0.3 is 5.32 Å². The first-order valence-corrected chi connectivity index (χ1v) is 7.19. The second-order valence-corrected chi connectivity index (χ2v) is 5.31. The van der Waals surface area contributed by atoms with Crippen molar-refractivity contribution in [2.24, 2.45) is 0 Å². The number of nitro benzene ring substituents is 1. The first-order valence-electron chi connectivity index (χ1n) is 6.43. The molecule has 0 saturated carbocycles. The summed E-state index contributed by atoms with van der Waals surface area (Å²) >= 11 is 11.6. The first-order chi connectivity index (χ1) is 11.4. The van der Waals surface area contributed by atoms with Gasteiger partial charge in [-0.1, -0.05) is 29.3 Å². The Morgan fingerprint density at radius 1 is 1.04 bits per heavy atom. The van der Waals surface area contributed by atoms with E-state index in [2.05, 4.69) is 16.2 Å². The van der Waals surface area contributed by atoms with Gasteiger partial charge in [0.1, 0.15) is 0 Å². The molecule has 24 heavy (non-hydrogen) atoms. The van der Waals surface area contributed by atoms with E-state index in [4.69, 9.17) is 23.2 Å². The van der Waals surface area contributed by atoms with Gasteiger partial charge in [-0.3, -0.25) is 20.3 Å². The van der Waals surface area contributed by atoms with Crippen molar-refractivity contribution >= 4 is 46.5 Å². The molecule has 2 rings (SSSR count). The number of amides is 3. The van der Waals surface area contributed by atoms with Crippen molar-refractivity contribution < 1.29 is 14.5 Å². The Bertz CT molecular complexity index is 813. The fraction of sp³-hybridized carbons (Fsp3) is 0. The molecule has 0 radical (unpaired) electrons. The van der Waals surface area contributed by atoms with Gasteiger partial charge in [0.25, 0.3) is 11.6 Å². The predicted octanol–water partition coefficient (Wildman–Crippen LogP) is 3.37. The third-order valence-corrected chi connectivity index (χ3v) is 3.34. The van der Waals surface area contributed by atoms with Crippen LogP contribution in [0.25, 0.3) is 0 Å². The van der Waals surface area contributed by atoms with Gasteiger partial charge in [-0.15, -0.1) is 0 Å². The molecule has 0 aliphatic carbocycles. The average molecular weight is 369 g/mol. The summed E-state index contributed by atoms with van der Waals surface area (Å²) in [4.78, 5) is 33.7. The molecule has 0 saturated heterocycles. The lowest BCUT2D eigenvalue weighted by atomic mass is 10.2. The van der Waals surface area contributed by atoms with Gasteiger partial charge in [-0.2, -0.15) is 0 Å². The Labute approximate surface area is 145 Å². The number of rotatable bonds is 3. The molecular formula is C14H10Cl2N4O4. The number of anilines is 1. The van der Waals surface area contributed by atoms with Crippen LogP contribution in [0.15, 0.2) is 42.5 Å². The summed E-state index contributed by atoms with van der Waals surface area (Å²) < 4.78 is 0. The number of hydrogen-bond acceptors (Lipinski definition) is 4. The molecule has 0 fully saturated rings. The van der Waals surface area contributed by atoms with E-state index in [1.807, 2.05) is 0 Å². The lowest BCUT2D eigenvalue weighted by Gasteiger charge is -2.10. The number of urea groups is 1. The van der Waals surface area contributed by atoms with Gasteiger partial charge in [0.05, 0.1) is 15.5 Å². The molecule has 124 valence electrons. The van der Waals surface area contributed by atoms with E-state index in [1.54, 1.807) is 0 Å². The van der Waals surface area contributed by atoms with Crippen molar-refractivity contribution in [1.82, 2.24) is 10.9 Å². The Morgan fingerprint density at radius 2 is 1.79 bits per heavy atom. The van der Waals surface area contributed by atoms with Gasteiger partial charge in [0.15, 0.2) is 0 Å². The van der Waals surface area contributed by atoms with Crippen LogP contribution in [-0.2, 0) is 0 Å². The third-order valence-electron chi connectivity index (χ3n) is 2.78. The van der Waals surface area contributed by atoms with E-state index in [-0.39, 0.29) is 22.0 Å². The van der Waals surface area contributed by atoms with Gasteiger partial charge in [-0.05, 0) is 24.3 Å². The maximum absolute atomic E-state index is 11.9. The van der Waals surface area contributed by atoms with Crippen LogP contribution >= 0.6 is 23.2 Å². The second-order valence-electron chi connectivity index (χ2n) is 4.46. The van der Waals surface area contributed by atoms with E-state index in [0.29, 0.717) is 5.02 Å². The highest BCUT2D eigenvalue weighted by molar-refractivity contribution is 6.35. The normalized spacial score (nSPS) is 9.92. The van der Waals surface area contributed by atoms with E-state index in [9.17, 15) is 19.7 Å². The molecule has 8 nitrogen and oxygen atoms in total. The molecule has 3 amide bonds. The quantitative estimate of drug-likeness (QED) is 0.569. The highest BCUT2D eigenvalue weighted by Gasteiger charge is 2.12. The zero-order valence-corrected chi connectivity index (χ0v) is 13.4. The largest absolute Gasteiger partial charge is 0.337 e. The molecule has 2 aromatic rings. The number of carbonyl (C=O) groups is 2. The van der Waals surface area contributed by atoms with Crippen LogP contribution < -0.4 is 16.2 Å². The number of non-ortho nitro benzene ring substituents is 1. The minimum Gasteiger partial charge on any atom is -0.306 e. The summed E-state index contributed by atoms with van der Waals surface area (Å²) in [6, 6.07) is 8.86. The molecule has 0 heterocycles. The summed E-state index contributed by atoms with van der Waals surface area (Å²) in [5, 5.41) is 13.5. The number of nitro groups is 1. The summed E-state index contributed by atoms with van der Waals surface area (Å²) in [5.41, 5.74) is 4.35. The number of benzene rings is 2. The molecule has 3 N–H and O–H groups in total. The lowest BCUT2D eigenvalue weighted by molar-refractivity contribution is -0.384. The minimum absolute atomic E-state index is 0.0832. The SMILES string of the molecule is O=C(NNC(=O)c1cc(Cl)ccc1Cl)Nc1cccc([N+](=O)[O-])c1. The molecule has 0 atom stereocenters.